The van der Waals surface area contributed by atoms with E-state index in [1.54, 1.807) is 0 Å². The van der Waals surface area contributed by atoms with E-state index in [9.17, 15) is 9.59 Å². The molecule has 3 rings (SSSR count). The van der Waals surface area contributed by atoms with E-state index in [4.69, 9.17) is 28.6 Å². The normalized spacial score (nSPS) is 30.6. The minimum atomic E-state index is -1.57. The maximum atomic E-state index is 12.8. The topological polar surface area (TPSA) is 131 Å². The fourth-order valence-corrected chi connectivity index (χ4v) is 7.05. The fourth-order valence-electron chi connectivity index (χ4n) is 5.15. The summed E-state index contributed by atoms with van der Waals surface area (Å²) in [6.07, 6.45) is 0.271. The van der Waals surface area contributed by atoms with Gasteiger partial charge in [-0.25, -0.2) is 9.46 Å². The molecule has 12 nitrogen and oxygen atoms in total. The molecule has 13 heteroatoms. The number of ether oxygens (including phenoxy) is 2. The molecule has 0 spiro atoms. The summed E-state index contributed by atoms with van der Waals surface area (Å²) in [6, 6.07) is 3.40. The van der Waals surface area contributed by atoms with Crippen LogP contribution in [0.4, 0.5) is 0 Å². The lowest BCUT2D eigenvalue weighted by atomic mass is 9.88. The van der Waals surface area contributed by atoms with Crippen molar-refractivity contribution in [2.75, 3.05) is 20.3 Å². The summed E-state index contributed by atoms with van der Waals surface area (Å²) in [7, 11) is -0.0308. The molecular formula is C25H42N5O7P. The number of rotatable bonds is 12. The number of nitrogens with one attached hydrogen (secondary N) is 1. The summed E-state index contributed by atoms with van der Waals surface area (Å²) < 4.78 is 28.8. The number of H-pyrrole nitrogens is 1. The Balaban J connectivity index is 2.09. The first-order valence-corrected chi connectivity index (χ1v) is 14.3. The lowest BCUT2D eigenvalue weighted by Gasteiger charge is -2.52. The van der Waals surface area contributed by atoms with E-state index in [2.05, 4.69) is 43.4 Å². The molecular weight excluding hydrogens is 513 g/mol. The molecule has 2 aliphatic heterocycles. The van der Waals surface area contributed by atoms with Crippen LogP contribution in [0.1, 0.15) is 67.5 Å². The van der Waals surface area contributed by atoms with E-state index < -0.39 is 43.8 Å². The van der Waals surface area contributed by atoms with Gasteiger partial charge >= 0.3 is 5.69 Å². The van der Waals surface area contributed by atoms with Crippen molar-refractivity contribution in [3.05, 3.63) is 33.1 Å². The number of hydrogen-bond acceptors (Lipinski definition) is 10. The largest absolute Gasteiger partial charge is 0.374 e. The molecule has 2 fully saturated rings. The average Bonchev–Trinajstić information content (AvgIpc) is 3.18. The minimum absolute atomic E-state index is 0.0197. The van der Waals surface area contributed by atoms with Gasteiger partial charge in [-0.15, -0.1) is 0 Å². The highest BCUT2D eigenvalue weighted by Gasteiger charge is 2.66. The summed E-state index contributed by atoms with van der Waals surface area (Å²) in [4.78, 5) is 33.3. The molecule has 2 saturated heterocycles. The summed E-state index contributed by atoms with van der Waals surface area (Å²) in [5, 5.41) is 11.0. The number of fused-ring (bicyclic) bond motifs is 1. The highest BCUT2D eigenvalue weighted by Crippen LogP contribution is 2.59. The highest BCUT2D eigenvalue weighted by molar-refractivity contribution is 7.44. The highest BCUT2D eigenvalue weighted by atomic mass is 31.2. The second kappa shape index (κ2) is 13.1. The zero-order valence-corrected chi connectivity index (χ0v) is 24.5. The second-order valence-corrected chi connectivity index (χ2v) is 11.7. The van der Waals surface area contributed by atoms with E-state index in [0.29, 0.717) is 0 Å². The SMILES string of the molecule is CCC(C)N(OC[C@@]12O[C@@H](n3ccc(=O)[nH]c3=O)C(OC)C1OP(OCCC#N)N(C(C)C)C2C)C(C)C. The van der Waals surface area contributed by atoms with E-state index in [1.165, 1.54) is 23.9 Å². The van der Waals surface area contributed by atoms with Crippen LogP contribution in [0.3, 0.4) is 0 Å². The van der Waals surface area contributed by atoms with Crippen molar-refractivity contribution >= 4 is 8.53 Å². The van der Waals surface area contributed by atoms with Crippen LogP contribution in [0.25, 0.3) is 0 Å². The minimum Gasteiger partial charge on any atom is -0.374 e. The molecule has 7 atom stereocenters. The number of hydrogen-bond donors (Lipinski definition) is 1. The molecule has 0 saturated carbocycles. The lowest BCUT2D eigenvalue weighted by Crippen LogP contribution is -2.65. The molecule has 5 unspecified atom stereocenters. The van der Waals surface area contributed by atoms with Crippen molar-refractivity contribution < 1.29 is 23.4 Å². The van der Waals surface area contributed by atoms with Crippen molar-refractivity contribution in [2.24, 2.45) is 0 Å². The van der Waals surface area contributed by atoms with Crippen LogP contribution < -0.4 is 11.2 Å². The molecule has 3 heterocycles. The van der Waals surface area contributed by atoms with Crippen LogP contribution in [0, 0.1) is 11.3 Å². The average molecular weight is 556 g/mol. The Morgan fingerprint density at radius 1 is 1.29 bits per heavy atom. The Hall–Kier alpha value is -1.68. The molecule has 214 valence electrons. The van der Waals surface area contributed by atoms with Gasteiger partial charge in [-0.05, 0) is 48.0 Å². The smallest absolute Gasteiger partial charge is 0.330 e. The zero-order chi connectivity index (χ0) is 28.2. The standard InChI is InChI=1S/C25H42N5O7P/c1-9-18(6)29(16(2)3)34-15-25-19(7)30(17(4)5)38(35-14-10-12-26)37-22(25)21(33-8)23(36-25)28-13-11-20(31)27-24(28)32/h11,13,16-19,21-23H,9-10,14-15H2,1-8H3,(H,27,31,32)/t18?,19?,21?,22?,23-,25+,38?/m1/s1. The van der Waals surface area contributed by atoms with Crippen LogP contribution in [-0.2, 0) is 23.4 Å². The van der Waals surface area contributed by atoms with Gasteiger partial charge in [0.05, 0.1) is 19.1 Å². The summed E-state index contributed by atoms with van der Waals surface area (Å²) in [6.45, 7) is 14.8. The van der Waals surface area contributed by atoms with Gasteiger partial charge in [0.25, 0.3) is 14.1 Å². The first-order valence-electron chi connectivity index (χ1n) is 13.2. The molecule has 0 bridgehead atoms. The number of methoxy groups -OCH3 is 1. The van der Waals surface area contributed by atoms with E-state index >= 15 is 0 Å². The van der Waals surface area contributed by atoms with Gasteiger partial charge in [-0.3, -0.25) is 19.2 Å². The predicted octanol–water partition coefficient (Wildman–Crippen LogP) is 2.91. The Labute approximate surface area is 225 Å². The molecule has 1 N–H and O–H groups in total. The van der Waals surface area contributed by atoms with Crippen LogP contribution in [0.2, 0.25) is 0 Å². The Bertz CT molecular complexity index is 1080. The molecule has 0 radical (unpaired) electrons. The second-order valence-electron chi connectivity index (χ2n) is 10.3. The summed E-state index contributed by atoms with van der Waals surface area (Å²) in [5.41, 5.74) is -2.16. The third kappa shape index (κ3) is 6.06. The van der Waals surface area contributed by atoms with Crippen molar-refractivity contribution in [3.63, 3.8) is 0 Å². The van der Waals surface area contributed by atoms with Crippen LogP contribution >= 0.6 is 8.53 Å². The lowest BCUT2D eigenvalue weighted by molar-refractivity contribution is -0.264. The maximum Gasteiger partial charge on any atom is 0.330 e. The van der Waals surface area contributed by atoms with Crippen LogP contribution in [0.5, 0.6) is 0 Å². The number of nitriles is 1. The zero-order valence-electron chi connectivity index (χ0n) is 23.6. The molecule has 1 aromatic rings. The van der Waals surface area contributed by atoms with Crippen molar-refractivity contribution in [2.45, 2.75) is 110 Å². The van der Waals surface area contributed by atoms with E-state index in [1.807, 2.05) is 25.8 Å². The molecule has 2 aliphatic rings. The van der Waals surface area contributed by atoms with Gasteiger partial charge in [0, 0.05) is 43.5 Å². The van der Waals surface area contributed by atoms with Crippen molar-refractivity contribution in [1.82, 2.24) is 19.3 Å². The summed E-state index contributed by atoms with van der Waals surface area (Å²) in [5.74, 6) is 0. The number of hydroxylamine groups is 2. The van der Waals surface area contributed by atoms with Crippen LogP contribution in [0.15, 0.2) is 21.9 Å². The first-order chi connectivity index (χ1) is 18.0. The quantitative estimate of drug-likeness (QED) is 0.233. The molecule has 38 heavy (non-hydrogen) atoms. The Morgan fingerprint density at radius 2 is 2.00 bits per heavy atom. The number of aromatic nitrogens is 2. The van der Waals surface area contributed by atoms with Gasteiger partial charge < -0.3 is 18.5 Å². The van der Waals surface area contributed by atoms with Gasteiger partial charge in [-0.1, -0.05) is 6.92 Å². The monoisotopic (exact) mass is 555 g/mol. The molecule has 0 aromatic carbocycles. The maximum absolute atomic E-state index is 12.8. The number of nitrogens with zero attached hydrogens (tertiary/aromatic N) is 4. The van der Waals surface area contributed by atoms with E-state index in [-0.39, 0.29) is 43.8 Å². The van der Waals surface area contributed by atoms with Gasteiger partial charge in [0.1, 0.15) is 24.4 Å². The van der Waals surface area contributed by atoms with Gasteiger partial charge in [0.2, 0.25) is 0 Å². The van der Waals surface area contributed by atoms with Crippen molar-refractivity contribution in [1.29, 1.82) is 5.26 Å². The molecule has 0 amide bonds. The first kappa shape index (κ1) is 30.9. The fraction of sp³-hybridized carbons (Fsp3) is 0.800. The summed E-state index contributed by atoms with van der Waals surface area (Å²) >= 11 is 0. The van der Waals surface area contributed by atoms with Crippen molar-refractivity contribution in [3.8, 4) is 6.07 Å². The molecule has 0 aliphatic carbocycles. The van der Waals surface area contributed by atoms with Gasteiger partial charge in [-0.2, -0.15) is 10.3 Å². The van der Waals surface area contributed by atoms with E-state index in [0.717, 1.165) is 6.42 Å². The Kier molecular flexibility index (Phi) is 10.6. The van der Waals surface area contributed by atoms with Crippen LogP contribution in [-0.4, -0.2) is 81.6 Å². The molecule has 1 aromatic heterocycles. The van der Waals surface area contributed by atoms with Gasteiger partial charge in [0.15, 0.2) is 6.23 Å². The third-order valence-electron chi connectivity index (χ3n) is 7.21. The Morgan fingerprint density at radius 3 is 2.55 bits per heavy atom. The predicted molar refractivity (Wildman–Crippen MR) is 142 cm³/mol. The number of aromatic amines is 1. The third-order valence-corrected chi connectivity index (χ3v) is 9.21.